The molecule has 2 fully saturated rings. The normalized spacial score (nSPS) is 30.6. The summed E-state index contributed by atoms with van der Waals surface area (Å²) in [6.45, 7) is 3.87. The first-order chi connectivity index (χ1) is 7.34. The molecule has 15 heavy (non-hydrogen) atoms. The molecular weight excluding hydrogens is 184 g/mol. The highest BCUT2D eigenvalue weighted by Gasteiger charge is 2.20. The quantitative estimate of drug-likeness (QED) is 0.719. The van der Waals surface area contributed by atoms with Crippen molar-refractivity contribution < 1.29 is 0 Å². The fraction of sp³-hybridized carbons (Fsp3) is 1.00. The van der Waals surface area contributed by atoms with Crippen molar-refractivity contribution in [3.8, 4) is 0 Å². The molecule has 1 aliphatic heterocycles. The zero-order chi connectivity index (χ0) is 10.5. The molecule has 2 nitrogen and oxygen atoms in total. The third kappa shape index (κ3) is 3.76. The van der Waals surface area contributed by atoms with Crippen LogP contribution in [0, 0.1) is 5.92 Å². The van der Waals surface area contributed by atoms with Gasteiger partial charge in [-0.1, -0.05) is 25.7 Å². The third-order valence-corrected chi connectivity index (χ3v) is 4.04. The zero-order valence-corrected chi connectivity index (χ0v) is 10.2. The molecule has 1 heterocycles. The minimum absolute atomic E-state index is 0.832. The van der Waals surface area contributed by atoms with E-state index in [0.29, 0.717) is 0 Å². The summed E-state index contributed by atoms with van der Waals surface area (Å²) in [6, 6.07) is 0.832. The molecule has 1 unspecified atom stereocenters. The third-order valence-electron chi connectivity index (χ3n) is 4.04. The molecule has 1 atom stereocenters. The number of hydrogen-bond donors (Lipinski definition) is 1. The van der Waals surface area contributed by atoms with Crippen molar-refractivity contribution in [3.05, 3.63) is 0 Å². The van der Waals surface area contributed by atoms with E-state index in [4.69, 9.17) is 0 Å². The number of likely N-dealkylation sites (tertiary alicyclic amines) is 1. The van der Waals surface area contributed by atoms with Gasteiger partial charge in [-0.05, 0) is 45.3 Å². The van der Waals surface area contributed by atoms with Gasteiger partial charge in [0.25, 0.3) is 0 Å². The van der Waals surface area contributed by atoms with Gasteiger partial charge in [-0.15, -0.1) is 0 Å². The Morgan fingerprint density at radius 3 is 2.40 bits per heavy atom. The van der Waals surface area contributed by atoms with Crippen molar-refractivity contribution >= 4 is 0 Å². The van der Waals surface area contributed by atoms with E-state index >= 15 is 0 Å². The Balaban J connectivity index is 1.63. The summed E-state index contributed by atoms with van der Waals surface area (Å²) in [4.78, 5) is 2.46. The van der Waals surface area contributed by atoms with Crippen LogP contribution in [0.1, 0.15) is 44.9 Å². The maximum Gasteiger partial charge on any atom is 0.00671 e. The largest absolute Gasteiger partial charge is 0.314 e. The minimum Gasteiger partial charge on any atom is -0.314 e. The van der Waals surface area contributed by atoms with E-state index in [9.17, 15) is 0 Å². The van der Waals surface area contributed by atoms with Gasteiger partial charge in [-0.3, -0.25) is 0 Å². The maximum absolute atomic E-state index is 3.80. The van der Waals surface area contributed by atoms with Crippen LogP contribution < -0.4 is 5.32 Å². The number of hydrogen-bond acceptors (Lipinski definition) is 2. The molecule has 1 saturated heterocycles. The summed E-state index contributed by atoms with van der Waals surface area (Å²) in [6.07, 6.45) is 10.1. The summed E-state index contributed by atoms with van der Waals surface area (Å²) in [5.41, 5.74) is 0. The lowest BCUT2D eigenvalue weighted by Gasteiger charge is -2.19. The van der Waals surface area contributed by atoms with Crippen LogP contribution in [-0.2, 0) is 0 Å². The van der Waals surface area contributed by atoms with Crippen LogP contribution in [0.25, 0.3) is 0 Å². The molecule has 2 rings (SSSR count). The molecule has 1 N–H and O–H groups in total. The summed E-state index contributed by atoms with van der Waals surface area (Å²) in [5, 5.41) is 3.80. The standard InChI is InChI=1S/C13H26N2/c1-15-9-8-12(11-15)10-14-13-6-4-2-3-5-7-13/h12-14H,2-11H2,1H3. The second-order valence-electron chi connectivity index (χ2n) is 5.51. The van der Waals surface area contributed by atoms with E-state index in [0.717, 1.165) is 12.0 Å². The van der Waals surface area contributed by atoms with Gasteiger partial charge >= 0.3 is 0 Å². The van der Waals surface area contributed by atoms with Crippen LogP contribution in [0.4, 0.5) is 0 Å². The predicted molar refractivity (Wildman–Crippen MR) is 65.1 cm³/mol. The molecule has 0 bridgehead atoms. The summed E-state index contributed by atoms with van der Waals surface area (Å²) in [5.74, 6) is 0.915. The van der Waals surface area contributed by atoms with E-state index in [1.165, 1.54) is 64.6 Å². The van der Waals surface area contributed by atoms with E-state index < -0.39 is 0 Å². The topological polar surface area (TPSA) is 15.3 Å². The Kier molecular flexibility index (Phi) is 4.45. The highest BCUT2D eigenvalue weighted by atomic mass is 15.1. The lowest BCUT2D eigenvalue weighted by Crippen LogP contribution is -2.33. The zero-order valence-electron chi connectivity index (χ0n) is 10.2. The Morgan fingerprint density at radius 1 is 1.07 bits per heavy atom. The highest BCUT2D eigenvalue weighted by molar-refractivity contribution is 4.78. The van der Waals surface area contributed by atoms with Gasteiger partial charge in [0.15, 0.2) is 0 Å². The van der Waals surface area contributed by atoms with Crippen LogP contribution in [0.5, 0.6) is 0 Å². The fourth-order valence-corrected chi connectivity index (χ4v) is 3.01. The molecule has 2 aliphatic rings. The van der Waals surface area contributed by atoms with Crippen molar-refractivity contribution in [1.82, 2.24) is 10.2 Å². The molecule has 2 heteroatoms. The Hall–Kier alpha value is -0.0800. The molecule has 0 aromatic carbocycles. The van der Waals surface area contributed by atoms with Gasteiger partial charge in [0.1, 0.15) is 0 Å². The molecule has 1 saturated carbocycles. The van der Waals surface area contributed by atoms with Crippen molar-refractivity contribution in [1.29, 1.82) is 0 Å². The summed E-state index contributed by atoms with van der Waals surface area (Å²) >= 11 is 0. The van der Waals surface area contributed by atoms with E-state index in [-0.39, 0.29) is 0 Å². The van der Waals surface area contributed by atoms with E-state index in [1.54, 1.807) is 0 Å². The first kappa shape index (κ1) is 11.4. The first-order valence-electron chi connectivity index (χ1n) is 6.76. The molecule has 0 spiro atoms. The van der Waals surface area contributed by atoms with Gasteiger partial charge in [0.05, 0.1) is 0 Å². The highest BCUT2D eigenvalue weighted by Crippen LogP contribution is 2.18. The molecule has 0 amide bonds. The van der Waals surface area contributed by atoms with Gasteiger partial charge < -0.3 is 10.2 Å². The molecular formula is C13H26N2. The van der Waals surface area contributed by atoms with Gasteiger partial charge in [-0.2, -0.15) is 0 Å². The second-order valence-corrected chi connectivity index (χ2v) is 5.51. The van der Waals surface area contributed by atoms with Crippen LogP contribution in [0.2, 0.25) is 0 Å². The van der Waals surface area contributed by atoms with E-state index in [1.807, 2.05) is 0 Å². The fourth-order valence-electron chi connectivity index (χ4n) is 3.01. The van der Waals surface area contributed by atoms with Gasteiger partial charge in [-0.25, -0.2) is 0 Å². The molecule has 0 aromatic rings. The average Bonchev–Trinajstić information content (AvgIpc) is 2.52. The SMILES string of the molecule is CN1CCC(CNC2CCCCCC2)C1. The van der Waals surface area contributed by atoms with Gasteiger partial charge in [0.2, 0.25) is 0 Å². The molecule has 0 aromatic heterocycles. The molecule has 0 radical (unpaired) electrons. The molecule has 88 valence electrons. The Morgan fingerprint density at radius 2 is 1.80 bits per heavy atom. The predicted octanol–water partition coefficient (Wildman–Crippen LogP) is 2.25. The maximum atomic E-state index is 3.80. The lowest BCUT2D eigenvalue weighted by atomic mass is 10.1. The van der Waals surface area contributed by atoms with Crippen LogP contribution in [-0.4, -0.2) is 37.6 Å². The summed E-state index contributed by atoms with van der Waals surface area (Å²) in [7, 11) is 2.24. The minimum atomic E-state index is 0.832. The lowest BCUT2D eigenvalue weighted by molar-refractivity contribution is 0.369. The smallest absolute Gasteiger partial charge is 0.00671 e. The van der Waals surface area contributed by atoms with Crippen LogP contribution in [0.15, 0.2) is 0 Å². The van der Waals surface area contributed by atoms with Crippen molar-refractivity contribution in [2.75, 3.05) is 26.7 Å². The number of nitrogens with zero attached hydrogens (tertiary/aromatic N) is 1. The Labute approximate surface area is 94.4 Å². The van der Waals surface area contributed by atoms with Gasteiger partial charge in [0, 0.05) is 12.6 Å². The Bertz CT molecular complexity index is 173. The van der Waals surface area contributed by atoms with Crippen molar-refractivity contribution in [3.63, 3.8) is 0 Å². The van der Waals surface area contributed by atoms with Crippen LogP contribution >= 0.6 is 0 Å². The second kappa shape index (κ2) is 5.86. The summed E-state index contributed by atoms with van der Waals surface area (Å²) < 4.78 is 0. The molecule has 1 aliphatic carbocycles. The monoisotopic (exact) mass is 210 g/mol. The number of nitrogens with one attached hydrogen (secondary N) is 1. The average molecular weight is 210 g/mol. The van der Waals surface area contributed by atoms with Crippen molar-refractivity contribution in [2.24, 2.45) is 5.92 Å². The first-order valence-corrected chi connectivity index (χ1v) is 6.76. The van der Waals surface area contributed by atoms with E-state index in [2.05, 4.69) is 17.3 Å². The number of rotatable bonds is 3. The van der Waals surface area contributed by atoms with Crippen LogP contribution in [0.3, 0.4) is 0 Å². The van der Waals surface area contributed by atoms with Crippen molar-refractivity contribution in [2.45, 2.75) is 51.0 Å².